The number of nitrogens with one attached hydrogen (secondary N) is 1. The summed E-state index contributed by atoms with van der Waals surface area (Å²) in [6.45, 7) is 11.4. The SMILES string of the molecule is C[C@H](CN1CNc2c(N)ncnc21)OCP(=O)(OCOC(=O)C(C)(C)C)OCOC(=O)C(C)(C)C. The van der Waals surface area contributed by atoms with Crippen LogP contribution in [-0.4, -0.2) is 61.2 Å². The Hall–Kier alpha value is -2.47. The van der Waals surface area contributed by atoms with Gasteiger partial charge in [-0.15, -0.1) is 0 Å². The van der Waals surface area contributed by atoms with Crippen LogP contribution in [0, 0.1) is 10.8 Å². The molecule has 14 heteroatoms. The highest BCUT2D eigenvalue weighted by Crippen LogP contribution is 2.48. The summed E-state index contributed by atoms with van der Waals surface area (Å²) in [5.41, 5.74) is 4.96. The average Bonchev–Trinajstić information content (AvgIpc) is 3.15. The van der Waals surface area contributed by atoms with Crippen molar-refractivity contribution < 1.29 is 37.4 Å². The Kier molecular flexibility index (Phi) is 9.46. The number of rotatable bonds is 11. The van der Waals surface area contributed by atoms with Crippen molar-refractivity contribution >= 4 is 36.9 Å². The second-order valence-corrected chi connectivity index (χ2v) is 12.1. The minimum absolute atomic E-state index is 0.340. The Morgan fingerprint density at radius 1 is 1.09 bits per heavy atom. The molecule has 0 fully saturated rings. The lowest BCUT2D eigenvalue weighted by molar-refractivity contribution is -0.162. The number of aromatic nitrogens is 2. The molecular weight excluding hydrogens is 481 g/mol. The fourth-order valence-corrected chi connectivity index (χ4v) is 3.73. The standard InChI is InChI=1S/C21H36N5O8P/c1-14(8-26-10-25-15-16(22)23-9-24-17(15)26)32-13-35(29,33-11-30-18(27)20(2,3)4)34-12-31-19(28)21(5,6)7/h9,14,25H,8,10-13H2,1-7H3,(H2,22,23,24)/t14-/m1/s1. The molecule has 1 atom stereocenters. The highest BCUT2D eigenvalue weighted by molar-refractivity contribution is 7.53. The zero-order chi connectivity index (χ0) is 26.4. The molecule has 1 aromatic rings. The van der Waals surface area contributed by atoms with E-state index in [1.807, 2.05) is 4.90 Å². The maximum Gasteiger partial charge on any atom is 0.361 e. The predicted molar refractivity (Wildman–Crippen MR) is 128 cm³/mol. The van der Waals surface area contributed by atoms with Crippen LogP contribution in [0.2, 0.25) is 0 Å². The van der Waals surface area contributed by atoms with Crippen molar-refractivity contribution in [1.82, 2.24) is 9.97 Å². The molecule has 0 unspecified atom stereocenters. The summed E-state index contributed by atoms with van der Waals surface area (Å²) >= 11 is 0. The monoisotopic (exact) mass is 517 g/mol. The van der Waals surface area contributed by atoms with E-state index >= 15 is 0 Å². The van der Waals surface area contributed by atoms with Crippen LogP contribution >= 0.6 is 7.60 Å². The van der Waals surface area contributed by atoms with Gasteiger partial charge in [0.2, 0.25) is 13.6 Å². The van der Waals surface area contributed by atoms with E-state index in [0.29, 0.717) is 30.5 Å². The van der Waals surface area contributed by atoms with E-state index in [4.69, 9.17) is 29.0 Å². The molecule has 2 heterocycles. The van der Waals surface area contributed by atoms with E-state index in [9.17, 15) is 14.2 Å². The number of fused-ring (bicyclic) bond motifs is 1. The second-order valence-electron chi connectivity index (χ2n) is 10.1. The first kappa shape index (κ1) is 28.8. The molecule has 3 N–H and O–H groups in total. The van der Waals surface area contributed by atoms with E-state index in [1.54, 1.807) is 48.5 Å². The first-order valence-electron chi connectivity index (χ1n) is 11.1. The molecule has 0 saturated carbocycles. The minimum Gasteiger partial charge on any atom is -0.438 e. The molecule has 0 amide bonds. The van der Waals surface area contributed by atoms with E-state index < -0.39 is 56.4 Å². The van der Waals surface area contributed by atoms with Crippen LogP contribution in [-0.2, 0) is 37.4 Å². The molecule has 1 aliphatic rings. The molecule has 2 rings (SSSR count). The number of nitrogen functional groups attached to an aromatic ring is 1. The van der Waals surface area contributed by atoms with E-state index in [-0.39, 0.29) is 0 Å². The lowest BCUT2D eigenvalue weighted by Crippen LogP contribution is -2.33. The molecule has 13 nitrogen and oxygen atoms in total. The number of nitrogens with two attached hydrogens (primary N) is 1. The van der Waals surface area contributed by atoms with Gasteiger partial charge in [0.1, 0.15) is 18.4 Å². The maximum atomic E-state index is 13.2. The molecule has 1 aliphatic heterocycles. The second kappa shape index (κ2) is 11.5. The fraction of sp³-hybridized carbons (Fsp3) is 0.714. The van der Waals surface area contributed by atoms with Crippen molar-refractivity contribution in [2.45, 2.75) is 54.6 Å². The number of ether oxygens (including phenoxy) is 3. The van der Waals surface area contributed by atoms with Crippen LogP contribution in [0.25, 0.3) is 0 Å². The number of nitrogens with zero attached hydrogens (tertiary/aromatic N) is 3. The molecule has 198 valence electrons. The molecule has 0 saturated heterocycles. The Morgan fingerprint density at radius 3 is 2.14 bits per heavy atom. The van der Waals surface area contributed by atoms with Gasteiger partial charge in [0, 0.05) is 6.54 Å². The summed E-state index contributed by atoms with van der Waals surface area (Å²) < 4.78 is 39.6. The number of hydrogen-bond donors (Lipinski definition) is 2. The fourth-order valence-electron chi connectivity index (χ4n) is 2.65. The quantitative estimate of drug-likeness (QED) is 0.250. The zero-order valence-electron chi connectivity index (χ0n) is 21.3. The van der Waals surface area contributed by atoms with Gasteiger partial charge in [0.05, 0.1) is 23.6 Å². The van der Waals surface area contributed by atoms with E-state index in [1.165, 1.54) is 6.33 Å². The largest absolute Gasteiger partial charge is 0.438 e. The van der Waals surface area contributed by atoms with Crippen LogP contribution < -0.4 is 16.0 Å². The highest BCUT2D eigenvalue weighted by Gasteiger charge is 2.32. The topological polar surface area (TPSA) is 164 Å². The first-order chi connectivity index (χ1) is 16.1. The van der Waals surface area contributed by atoms with Gasteiger partial charge in [0.25, 0.3) is 0 Å². The summed E-state index contributed by atoms with van der Waals surface area (Å²) in [6, 6.07) is 0. The van der Waals surface area contributed by atoms with Gasteiger partial charge in [-0.05, 0) is 48.5 Å². The number of carbonyl (C=O) groups excluding carboxylic acids is 2. The maximum absolute atomic E-state index is 13.2. The Balaban J connectivity index is 1.96. The van der Waals surface area contributed by atoms with Crippen molar-refractivity contribution in [1.29, 1.82) is 0 Å². The Bertz CT molecular complexity index is 911. The summed E-state index contributed by atoms with van der Waals surface area (Å²) in [6.07, 6.45) is 0.468. The summed E-state index contributed by atoms with van der Waals surface area (Å²) in [4.78, 5) is 34.0. The molecule has 0 aromatic carbocycles. The van der Waals surface area contributed by atoms with Crippen molar-refractivity contribution in [3.05, 3.63) is 6.33 Å². The van der Waals surface area contributed by atoms with Crippen LogP contribution in [0.4, 0.5) is 17.3 Å². The van der Waals surface area contributed by atoms with Gasteiger partial charge in [-0.3, -0.25) is 23.2 Å². The van der Waals surface area contributed by atoms with Crippen LogP contribution in [0.5, 0.6) is 0 Å². The molecule has 0 radical (unpaired) electrons. The molecule has 0 bridgehead atoms. The first-order valence-corrected chi connectivity index (χ1v) is 12.8. The van der Waals surface area contributed by atoms with Gasteiger partial charge in [-0.25, -0.2) is 9.97 Å². The van der Waals surface area contributed by atoms with E-state index in [0.717, 1.165) is 0 Å². The average molecular weight is 518 g/mol. The van der Waals surface area contributed by atoms with Gasteiger partial charge in [-0.1, -0.05) is 0 Å². The summed E-state index contributed by atoms with van der Waals surface area (Å²) in [7, 11) is -3.97. The molecular formula is C21H36N5O8P. The lowest BCUT2D eigenvalue weighted by Gasteiger charge is -2.25. The Morgan fingerprint density at radius 2 is 1.63 bits per heavy atom. The van der Waals surface area contributed by atoms with Gasteiger partial charge in [-0.2, -0.15) is 0 Å². The van der Waals surface area contributed by atoms with Crippen LogP contribution in [0.3, 0.4) is 0 Å². The van der Waals surface area contributed by atoms with Gasteiger partial charge in [0.15, 0.2) is 11.6 Å². The summed E-state index contributed by atoms with van der Waals surface area (Å²) in [5.74, 6) is -0.114. The Labute approximate surface area is 205 Å². The van der Waals surface area contributed by atoms with Crippen molar-refractivity contribution in [3.63, 3.8) is 0 Å². The number of hydrogen-bond acceptors (Lipinski definition) is 13. The molecule has 1 aromatic heterocycles. The molecule has 0 aliphatic carbocycles. The van der Waals surface area contributed by atoms with E-state index in [2.05, 4.69) is 15.3 Å². The van der Waals surface area contributed by atoms with Crippen LogP contribution in [0.1, 0.15) is 48.5 Å². The normalized spacial score (nSPS) is 14.8. The van der Waals surface area contributed by atoms with Crippen LogP contribution in [0.15, 0.2) is 6.33 Å². The zero-order valence-corrected chi connectivity index (χ0v) is 22.2. The third-order valence-electron chi connectivity index (χ3n) is 4.70. The van der Waals surface area contributed by atoms with Gasteiger partial charge < -0.3 is 30.2 Å². The van der Waals surface area contributed by atoms with Crippen molar-refractivity contribution in [3.8, 4) is 0 Å². The minimum atomic E-state index is -3.97. The van der Waals surface area contributed by atoms with Gasteiger partial charge >= 0.3 is 19.5 Å². The predicted octanol–water partition coefficient (Wildman–Crippen LogP) is 2.93. The van der Waals surface area contributed by atoms with Crippen molar-refractivity contribution in [2.24, 2.45) is 10.8 Å². The third-order valence-corrected chi connectivity index (χ3v) is 6.16. The lowest BCUT2D eigenvalue weighted by atomic mass is 9.98. The highest BCUT2D eigenvalue weighted by atomic mass is 31.2. The number of esters is 2. The van der Waals surface area contributed by atoms with Crippen molar-refractivity contribution in [2.75, 3.05) is 49.1 Å². The number of anilines is 3. The number of carbonyl (C=O) groups is 2. The third kappa shape index (κ3) is 8.60. The molecule has 35 heavy (non-hydrogen) atoms. The summed E-state index contributed by atoms with van der Waals surface area (Å²) in [5, 5.41) is 3.12. The smallest absolute Gasteiger partial charge is 0.361 e. The molecule has 0 spiro atoms.